The summed E-state index contributed by atoms with van der Waals surface area (Å²) in [5.74, 6) is -0.355. The first kappa shape index (κ1) is 14.4. The second-order valence-corrected chi connectivity index (χ2v) is 4.72. The molecule has 0 saturated carbocycles. The molecular formula is C14H11Cl2N3O. The number of amides is 1. The van der Waals surface area contributed by atoms with Gasteiger partial charge in [0.2, 0.25) is 0 Å². The molecule has 0 aliphatic carbocycles. The number of carbonyl (C=O) groups is 1. The Kier molecular flexibility index (Phi) is 4.61. The van der Waals surface area contributed by atoms with E-state index in [9.17, 15) is 4.79 Å². The zero-order chi connectivity index (χ0) is 14.5. The number of benzene rings is 1. The summed E-state index contributed by atoms with van der Waals surface area (Å²) in [5, 5.41) is 0.879. The Morgan fingerprint density at radius 1 is 1.10 bits per heavy atom. The van der Waals surface area contributed by atoms with Crippen LogP contribution >= 0.6 is 23.2 Å². The Morgan fingerprint density at radius 3 is 2.55 bits per heavy atom. The summed E-state index contributed by atoms with van der Waals surface area (Å²) >= 11 is 11.8. The standard InChI is InChI=1S/C14H11Cl2N3O/c1-9(10-5-6-11(15)12(16)8-10)18-19-14(20)13-4-2-3-7-17-13/h2-8,18H,1H2,(H,19,20). The van der Waals surface area contributed by atoms with Crippen molar-refractivity contribution in [1.29, 1.82) is 0 Å². The molecule has 0 unspecified atom stereocenters. The van der Waals surface area contributed by atoms with Crippen LogP contribution in [-0.4, -0.2) is 10.9 Å². The SMILES string of the molecule is C=C(NNC(=O)c1ccccn1)c1ccc(Cl)c(Cl)c1. The van der Waals surface area contributed by atoms with Crippen LogP contribution in [0.2, 0.25) is 10.0 Å². The fraction of sp³-hybridized carbons (Fsp3) is 0. The van der Waals surface area contributed by atoms with E-state index >= 15 is 0 Å². The van der Waals surface area contributed by atoms with Crippen molar-refractivity contribution in [3.8, 4) is 0 Å². The second kappa shape index (κ2) is 6.41. The Bertz CT molecular complexity index is 644. The maximum absolute atomic E-state index is 11.8. The highest BCUT2D eigenvalue weighted by atomic mass is 35.5. The molecule has 6 heteroatoms. The average Bonchev–Trinajstić information content (AvgIpc) is 2.48. The first-order valence-corrected chi connectivity index (χ1v) is 6.45. The molecule has 2 rings (SSSR count). The van der Waals surface area contributed by atoms with Crippen molar-refractivity contribution in [3.05, 3.63) is 70.5 Å². The van der Waals surface area contributed by atoms with E-state index in [0.29, 0.717) is 21.4 Å². The molecule has 1 heterocycles. The molecule has 0 radical (unpaired) electrons. The smallest absolute Gasteiger partial charge is 0.288 e. The topological polar surface area (TPSA) is 54.0 Å². The number of nitrogens with zero attached hydrogens (tertiary/aromatic N) is 1. The van der Waals surface area contributed by atoms with Gasteiger partial charge in [-0.3, -0.25) is 20.6 Å². The summed E-state index contributed by atoms with van der Waals surface area (Å²) in [5.41, 5.74) is 6.74. The fourth-order valence-electron chi connectivity index (χ4n) is 1.45. The molecule has 4 nitrogen and oxygen atoms in total. The Morgan fingerprint density at radius 2 is 1.90 bits per heavy atom. The summed E-state index contributed by atoms with van der Waals surface area (Å²) < 4.78 is 0. The zero-order valence-corrected chi connectivity index (χ0v) is 11.9. The molecule has 2 aromatic rings. The monoisotopic (exact) mass is 307 g/mol. The van der Waals surface area contributed by atoms with Crippen molar-refractivity contribution < 1.29 is 4.79 Å². The molecule has 1 amide bonds. The van der Waals surface area contributed by atoms with E-state index in [-0.39, 0.29) is 5.91 Å². The minimum Gasteiger partial charge on any atom is -0.298 e. The van der Waals surface area contributed by atoms with E-state index in [1.54, 1.807) is 42.6 Å². The van der Waals surface area contributed by atoms with Crippen LogP contribution in [0.1, 0.15) is 16.1 Å². The molecule has 0 aliphatic heterocycles. The van der Waals surface area contributed by atoms with Gasteiger partial charge in [-0.05, 0) is 24.3 Å². The highest BCUT2D eigenvalue weighted by molar-refractivity contribution is 6.42. The van der Waals surface area contributed by atoms with E-state index in [1.807, 2.05) is 0 Å². The molecule has 0 aliphatic rings. The molecule has 1 aromatic heterocycles. The van der Waals surface area contributed by atoms with Crippen molar-refractivity contribution in [3.63, 3.8) is 0 Å². The van der Waals surface area contributed by atoms with Crippen LogP contribution in [0, 0.1) is 0 Å². The number of rotatable bonds is 4. The lowest BCUT2D eigenvalue weighted by Gasteiger charge is -2.11. The molecule has 1 aromatic carbocycles. The number of pyridine rings is 1. The summed E-state index contributed by atoms with van der Waals surface area (Å²) in [6.45, 7) is 3.81. The first-order valence-electron chi connectivity index (χ1n) is 5.69. The maximum Gasteiger partial charge on any atom is 0.288 e. The summed E-state index contributed by atoms with van der Waals surface area (Å²) in [7, 11) is 0. The summed E-state index contributed by atoms with van der Waals surface area (Å²) in [4.78, 5) is 15.7. The van der Waals surface area contributed by atoms with E-state index in [0.717, 1.165) is 5.56 Å². The van der Waals surface area contributed by atoms with Gasteiger partial charge in [-0.25, -0.2) is 0 Å². The minimum absolute atomic E-state index is 0.307. The van der Waals surface area contributed by atoms with Gasteiger partial charge in [-0.2, -0.15) is 0 Å². The molecule has 0 spiro atoms. The molecular weight excluding hydrogens is 297 g/mol. The lowest BCUT2D eigenvalue weighted by atomic mass is 10.2. The Balaban J connectivity index is 1.98. The third-order valence-electron chi connectivity index (χ3n) is 2.49. The van der Waals surface area contributed by atoms with Crippen LogP contribution in [0.25, 0.3) is 5.70 Å². The summed E-state index contributed by atoms with van der Waals surface area (Å²) in [6.07, 6.45) is 1.54. The van der Waals surface area contributed by atoms with Gasteiger partial charge in [0.05, 0.1) is 15.7 Å². The zero-order valence-electron chi connectivity index (χ0n) is 10.4. The summed E-state index contributed by atoms with van der Waals surface area (Å²) in [6, 6.07) is 10.1. The van der Waals surface area contributed by atoms with Crippen LogP contribution in [0.15, 0.2) is 49.2 Å². The number of nitrogens with one attached hydrogen (secondary N) is 2. The van der Waals surface area contributed by atoms with Crippen LogP contribution in [-0.2, 0) is 0 Å². The molecule has 2 N–H and O–H groups in total. The largest absolute Gasteiger partial charge is 0.298 e. The van der Waals surface area contributed by atoms with Gasteiger partial charge in [-0.15, -0.1) is 0 Å². The number of carbonyl (C=O) groups excluding carboxylic acids is 1. The number of hydrogen-bond donors (Lipinski definition) is 2. The van der Waals surface area contributed by atoms with Crippen molar-refractivity contribution in [1.82, 2.24) is 15.8 Å². The molecule has 0 atom stereocenters. The van der Waals surface area contributed by atoms with E-state index in [2.05, 4.69) is 22.4 Å². The van der Waals surface area contributed by atoms with Crippen LogP contribution in [0.5, 0.6) is 0 Å². The van der Waals surface area contributed by atoms with Crippen LogP contribution < -0.4 is 10.9 Å². The van der Waals surface area contributed by atoms with Crippen LogP contribution in [0.3, 0.4) is 0 Å². The molecule has 0 saturated heterocycles. The number of hydrazine groups is 1. The third kappa shape index (κ3) is 3.50. The van der Waals surface area contributed by atoms with Gasteiger partial charge in [0.15, 0.2) is 0 Å². The van der Waals surface area contributed by atoms with Gasteiger partial charge in [0.1, 0.15) is 5.69 Å². The normalized spacial score (nSPS) is 9.90. The van der Waals surface area contributed by atoms with E-state index in [1.165, 1.54) is 0 Å². The maximum atomic E-state index is 11.8. The lowest BCUT2D eigenvalue weighted by Crippen LogP contribution is -2.36. The highest BCUT2D eigenvalue weighted by Crippen LogP contribution is 2.24. The molecule has 20 heavy (non-hydrogen) atoms. The van der Waals surface area contributed by atoms with Gasteiger partial charge in [0.25, 0.3) is 5.91 Å². The highest BCUT2D eigenvalue weighted by Gasteiger charge is 2.07. The van der Waals surface area contributed by atoms with E-state index in [4.69, 9.17) is 23.2 Å². The van der Waals surface area contributed by atoms with Crippen molar-refractivity contribution in [2.45, 2.75) is 0 Å². The average molecular weight is 308 g/mol. The Labute approximate surface area is 126 Å². The first-order chi connectivity index (χ1) is 9.58. The Hall–Kier alpha value is -2.04. The molecule has 0 bridgehead atoms. The number of hydrogen-bond acceptors (Lipinski definition) is 3. The minimum atomic E-state index is -0.355. The van der Waals surface area contributed by atoms with Gasteiger partial charge < -0.3 is 0 Å². The third-order valence-corrected chi connectivity index (χ3v) is 3.23. The van der Waals surface area contributed by atoms with Crippen molar-refractivity contribution in [2.75, 3.05) is 0 Å². The van der Waals surface area contributed by atoms with Gasteiger partial charge in [0, 0.05) is 11.8 Å². The predicted molar refractivity (Wildman–Crippen MR) is 80.3 cm³/mol. The molecule has 0 fully saturated rings. The lowest BCUT2D eigenvalue weighted by molar-refractivity contribution is 0.0937. The fourth-order valence-corrected chi connectivity index (χ4v) is 1.75. The van der Waals surface area contributed by atoms with Crippen molar-refractivity contribution in [2.24, 2.45) is 0 Å². The second-order valence-electron chi connectivity index (χ2n) is 3.90. The molecule has 102 valence electrons. The van der Waals surface area contributed by atoms with Crippen LogP contribution in [0.4, 0.5) is 0 Å². The quantitative estimate of drug-likeness (QED) is 0.852. The van der Waals surface area contributed by atoms with Gasteiger partial charge in [-0.1, -0.05) is 41.9 Å². The van der Waals surface area contributed by atoms with Crippen molar-refractivity contribution >= 4 is 34.8 Å². The van der Waals surface area contributed by atoms with E-state index < -0.39 is 0 Å². The van der Waals surface area contributed by atoms with Gasteiger partial charge >= 0.3 is 0 Å². The predicted octanol–water partition coefficient (Wildman–Crippen LogP) is 3.29. The number of aromatic nitrogens is 1. The number of halogens is 2.